The maximum absolute atomic E-state index is 11.5. The lowest BCUT2D eigenvalue weighted by atomic mass is 9.97. The Morgan fingerprint density at radius 1 is 1.23 bits per heavy atom. The van der Waals surface area contributed by atoms with Gasteiger partial charge in [-0.15, -0.1) is 0 Å². The third-order valence-electron chi connectivity index (χ3n) is 3.83. The van der Waals surface area contributed by atoms with Crippen molar-refractivity contribution >= 4 is 11.9 Å². The van der Waals surface area contributed by atoms with Crippen LogP contribution in [0, 0.1) is 5.92 Å². The summed E-state index contributed by atoms with van der Waals surface area (Å²) in [5, 5.41) is 32.4. The van der Waals surface area contributed by atoms with Crippen LogP contribution < -0.4 is 5.32 Å². The lowest BCUT2D eigenvalue weighted by Gasteiger charge is -2.40. The van der Waals surface area contributed by atoms with E-state index in [1.54, 1.807) is 0 Å². The monoisotopic (exact) mass is 317 g/mol. The third-order valence-corrected chi connectivity index (χ3v) is 3.83. The number of carbonyl (C=O) groups excluding carboxylic acids is 2. The Morgan fingerprint density at radius 3 is 2.50 bits per heavy atom. The van der Waals surface area contributed by atoms with E-state index in [1.165, 1.54) is 0 Å². The molecule has 1 heterocycles. The predicted octanol–water partition coefficient (Wildman–Crippen LogP) is -1.34. The average Bonchev–Trinajstić information content (AvgIpc) is 3.30. The predicted molar refractivity (Wildman–Crippen MR) is 73.4 cm³/mol. The van der Waals surface area contributed by atoms with Gasteiger partial charge in [0.15, 0.2) is 6.29 Å². The molecule has 0 spiro atoms. The average molecular weight is 317 g/mol. The van der Waals surface area contributed by atoms with Crippen molar-refractivity contribution in [2.75, 3.05) is 6.61 Å². The van der Waals surface area contributed by atoms with Gasteiger partial charge in [0.2, 0.25) is 5.91 Å². The largest absolute Gasteiger partial charge is 0.463 e. The molecule has 4 N–H and O–H groups in total. The summed E-state index contributed by atoms with van der Waals surface area (Å²) in [7, 11) is 0. The van der Waals surface area contributed by atoms with E-state index < -0.39 is 30.6 Å². The minimum atomic E-state index is -1.48. The Bertz CT molecular complexity index is 412. The Labute approximate surface area is 128 Å². The van der Waals surface area contributed by atoms with Gasteiger partial charge in [-0.05, 0) is 19.3 Å². The van der Waals surface area contributed by atoms with E-state index in [1.807, 2.05) is 6.92 Å². The van der Waals surface area contributed by atoms with Crippen LogP contribution in [0.4, 0.5) is 0 Å². The molecule has 8 heteroatoms. The van der Waals surface area contributed by atoms with Crippen molar-refractivity contribution in [3.63, 3.8) is 0 Å². The number of ether oxygens (including phenoxy) is 2. The van der Waals surface area contributed by atoms with Gasteiger partial charge in [0.05, 0.1) is 5.92 Å². The van der Waals surface area contributed by atoms with Crippen molar-refractivity contribution in [2.45, 2.75) is 63.3 Å². The second kappa shape index (κ2) is 7.36. The minimum Gasteiger partial charge on any atom is -0.463 e. The van der Waals surface area contributed by atoms with Gasteiger partial charge in [0.1, 0.15) is 31.0 Å². The zero-order chi connectivity index (χ0) is 16.3. The molecule has 1 amide bonds. The Kier molecular flexibility index (Phi) is 5.74. The molecule has 1 unspecified atom stereocenters. The van der Waals surface area contributed by atoms with E-state index >= 15 is 0 Å². The number of carbonyl (C=O) groups is 2. The molecule has 0 bridgehead atoms. The summed E-state index contributed by atoms with van der Waals surface area (Å²) in [6, 6.07) is -1.12. The molecule has 0 aromatic rings. The maximum Gasteiger partial charge on any atom is 0.309 e. The number of esters is 1. The first-order valence-corrected chi connectivity index (χ1v) is 7.59. The molecule has 22 heavy (non-hydrogen) atoms. The van der Waals surface area contributed by atoms with Gasteiger partial charge in [-0.1, -0.05) is 6.92 Å². The first-order valence-electron chi connectivity index (χ1n) is 7.59. The van der Waals surface area contributed by atoms with Gasteiger partial charge in [0, 0.05) is 6.42 Å². The number of aliphatic hydroxyl groups is 3. The summed E-state index contributed by atoms with van der Waals surface area (Å²) in [6.45, 7) is 1.57. The summed E-state index contributed by atoms with van der Waals surface area (Å²) in [4.78, 5) is 23.0. The van der Waals surface area contributed by atoms with E-state index in [4.69, 9.17) is 9.47 Å². The van der Waals surface area contributed by atoms with Gasteiger partial charge in [-0.3, -0.25) is 9.59 Å². The number of hydrogen-bond acceptors (Lipinski definition) is 7. The van der Waals surface area contributed by atoms with Crippen molar-refractivity contribution < 1.29 is 34.4 Å². The summed E-state index contributed by atoms with van der Waals surface area (Å²) in [5.74, 6) is -0.796. The zero-order valence-electron chi connectivity index (χ0n) is 12.5. The van der Waals surface area contributed by atoms with Gasteiger partial charge < -0.3 is 30.1 Å². The topological polar surface area (TPSA) is 125 Å². The van der Waals surface area contributed by atoms with Crippen LogP contribution in [-0.4, -0.2) is 64.4 Å². The molecule has 1 saturated heterocycles. The van der Waals surface area contributed by atoms with Crippen LogP contribution >= 0.6 is 0 Å². The van der Waals surface area contributed by atoms with Crippen molar-refractivity contribution in [2.24, 2.45) is 5.92 Å². The van der Waals surface area contributed by atoms with E-state index in [-0.39, 0.29) is 30.8 Å². The first-order chi connectivity index (χ1) is 10.4. The molecule has 1 saturated carbocycles. The molecule has 2 fully saturated rings. The fourth-order valence-corrected chi connectivity index (χ4v) is 2.33. The van der Waals surface area contributed by atoms with Crippen LogP contribution in [0.3, 0.4) is 0 Å². The highest BCUT2D eigenvalue weighted by atomic mass is 16.6. The molecule has 1 aliphatic heterocycles. The lowest BCUT2D eigenvalue weighted by molar-refractivity contribution is -0.255. The van der Waals surface area contributed by atoms with Crippen molar-refractivity contribution in [3.8, 4) is 0 Å². The molecule has 0 radical (unpaired) electrons. The summed E-state index contributed by atoms with van der Waals surface area (Å²) in [6.07, 6.45) is -2.84. The van der Waals surface area contributed by atoms with Crippen LogP contribution in [0.15, 0.2) is 0 Å². The molecule has 0 aromatic heterocycles. The highest BCUT2D eigenvalue weighted by Gasteiger charge is 2.45. The van der Waals surface area contributed by atoms with Gasteiger partial charge in [0.25, 0.3) is 0 Å². The fourth-order valence-electron chi connectivity index (χ4n) is 2.33. The third kappa shape index (κ3) is 4.16. The minimum absolute atomic E-state index is 0.0864. The molecule has 8 nitrogen and oxygen atoms in total. The van der Waals surface area contributed by atoms with Crippen molar-refractivity contribution in [3.05, 3.63) is 0 Å². The number of nitrogens with one attached hydrogen (secondary N) is 1. The second-order valence-corrected chi connectivity index (χ2v) is 5.79. The lowest BCUT2D eigenvalue weighted by Crippen LogP contribution is -2.64. The number of rotatable bonds is 6. The van der Waals surface area contributed by atoms with Crippen LogP contribution in [0.1, 0.15) is 32.6 Å². The quantitative estimate of drug-likeness (QED) is 0.447. The van der Waals surface area contributed by atoms with Gasteiger partial charge >= 0.3 is 5.97 Å². The van der Waals surface area contributed by atoms with E-state index in [0.29, 0.717) is 6.42 Å². The zero-order valence-corrected chi connectivity index (χ0v) is 12.5. The van der Waals surface area contributed by atoms with Crippen LogP contribution in [0.2, 0.25) is 0 Å². The first kappa shape index (κ1) is 17.1. The van der Waals surface area contributed by atoms with Crippen LogP contribution in [0.5, 0.6) is 0 Å². The molecule has 5 atom stereocenters. The Morgan fingerprint density at radius 2 is 1.91 bits per heavy atom. The Hall–Kier alpha value is -1.22. The second-order valence-electron chi connectivity index (χ2n) is 5.79. The van der Waals surface area contributed by atoms with Crippen molar-refractivity contribution in [1.82, 2.24) is 5.32 Å². The summed E-state index contributed by atoms with van der Waals surface area (Å²) >= 11 is 0. The molecule has 1 aliphatic carbocycles. The van der Waals surface area contributed by atoms with Crippen LogP contribution in [-0.2, 0) is 19.1 Å². The number of hydrogen-bond donors (Lipinski definition) is 4. The smallest absolute Gasteiger partial charge is 0.309 e. The number of aliphatic hydroxyl groups excluding tert-OH is 3. The van der Waals surface area contributed by atoms with Gasteiger partial charge in [-0.2, -0.15) is 0 Å². The Balaban J connectivity index is 1.86. The highest BCUT2D eigenvalue weighted by Crippen LogP contribution is 2.30. The molecule has 2 aliphatic rings. The number of amides is 1. The molecular weight excluding hydrogens is 294 g/mol. The molecule has 2 rings (SSSR count). The van der Waals surface area contributed by atoms with Crippen molar-refractivity contribution in [1.29, 1.82) is 0 Å². The summed E-state index contributed by atoms with van der Waals surface area (Å²) < 4.78 is 10.2. The van der Waals surface area contributed by atoms with Crippen LogP contribution in [0.25, 0.3) is 0 Å². The fraction of sp³-hybridized carbons (Fsp3) is 0.857. The van der Waals surface area contributed by atoms with E-state index in [2.05, 4.69) is 5.32 Å². The van der Waals surface area contributed by atoms with E-state index in [9.17, 15) is 24.9 Å². The highest BCUT2D eigenvalue weighted by molar-refractivity contribution is 5.76. The maximum atomic E-state index is 11.5. The standard InChI is InChI=1S/C14H23NO7/c1-2-3-9(16)15-10-12(18)11(17)8(22-14(10)20)6-21-13(19)7-4-5-7/h7-8,10-12,14,17-18,20H,2-6H2,1H3,(H,15,16)/t8-,10-,11-,12-,14?/m1/s1. The van der Waals surface area contributed by atoms with Gasteiger partial charge in [-0.25, -0.2) is 0 Å². The normalized spacial score (nSPS) is 35.0. The van der Waals surface area contributed by atoms with E-state index in [0.717, 1.165) is 12.8 Å². The molecule has 0 aromatic carbocycles. The summed E-state index contributed by atoms with van der Waals surface area (Å²) in [5.41, 5.74) is 0. The molecular formula is C14H23NO7. The SMILES string of the molecule is CCCC(=O)N[C@H]1C(O)O[C@H](COC(=O)C2CC2)[C@@H](O)[C@@H]1O. The molecule has 126 valence electrons.